The van der Waals surface area contributed by atoms with Gasteiger partial charge in [-0.15, -0.1) is 0 Å². The van der Waals surface area contributed by atoms with Crippen LogP contribution in [0.1, 0.15) is 5.56 Å². The number of aliphatic hydroxyl groups is 1. The molecular formula is C10H12FNO4S. The number of nitrogens with zero attached hydrogens (tertiary/aromatic N) is 1. The third kappa shape index (κ3) is 3.01. The Morgan fingerprint density at radius 1 is 1.41 bits per heavy atom. The summed E-state index contributed by atoms with van der Waals surface area (Å²) in [5.41, 5.74) is 0.469. The summed E-state index contributed by atoms with van der Waals surface area (Å²) >= 11 is 0. The van der Waals surface area contributed by atoms with E-state index in [0.717, 1.165) is 4.47 Å². The Morgan fingerprint density at radius 2 is 2.06 bits per heavy atom. The Balaban J connectivity index is 2.09. The minimum absolute atomic E-state index is 0.0252. The van der Waals surface area contributed by atoms with Crippen molar-refractivity contribution in [3.05, 3.63) is 35.6 Å². The largest absolute Gasteiger partial charge is 0.389 e. The van der Waals surface area contributed by atoms with Gasteiger partial charge in [0.05, 0.1) is 25.0 Å². The van der Waals surface area contributed by atoms with Crippen LogP contribution in [0.25, 0.3) is 0 Å². The Kier molecular flexibility index (Phi) is 3.43. The summed E-state index contributed by atoms with van der Waals surface area (Å²) in [5.74, 6) is -0.695. The van der Waals surface area contributed by atoms with Crippen LogP contribution in [0.5, 0.6) is 0 Å². The van der Waals surface area contributed by atoms with Crippen LogP contribution in [0.15, 0.2) is 24.3 Å². The lowest BCUT2D eigenvalue weighted by molar-refractivity contribution is -0.0318. The van der Waals surface area contributed by atoms with Gasteiger partial charge in [-0.25, -0.2) is 12.8 Å². The summed E-state index contributed by atoms with van der Waals surface area (Å²) in [6.07, 6.45) is -0.794. The average molecular weight is 261 g/mol. The van der Waals surface area contributed by atoms with Gasteiger partial charge >= 0.3 is 0 Å². The normalized spacial score (nSPS) is 21.9. The van der Waals surface area contributed by atoms with Gasteiger partial charge in [0.2, 0.25) is 10.0 Å². The van der Waals surface area contributed by atoms with Crippen LogP contribution in [0, 0.1) is 5.82 Å². The predicted molar refractivity (Wildman–Crippen MR) is 57.7 cm³/mol. The SMILES string of the molecule is O=S(=O)(Cc1ccc(F)cc1)N1C[C@H](O)CO1. The molecule has 7 heteroatoms. The minimum atomic E-state index is -3.63. The second-order valence-corrected chi connectivity index (χ2v) is 5.68. The zero-order valence-corrected chi connectivity index (χ0v) is 9.73. The van der Waals surface area contributed by atoms with Gasteiger partial charge in [-0.2, -0.15) is 0 Å². The summed E-state index contributed by atoms with van der Waals surface area (Å²) in [7, 11) is -3.63. The fourth-order valence-corrected chi connectivity index (χ4v) is 2.88. The summed E-state index contributed by atoms with van der Waals surface area (Å²) in [6, 6.07) is 5.20. The van der Waals surface area contributed by atoms with Gasteiger partial charge in [-0.05, 0) is 17.7 Å². The number of benzene rings is 1. The first kappa shape index (κ1) is 12.4. The van der Waals surface area contributed by atoms with Crippen molar-refractivity contribution in [1.29, 1.82) is 0 Å². The van der Waals surface area contributed by atoms with Crippen LogP contribution in [0.2, 0.25) is 0 Å². The zero-order valence-electron chi connectivity index (χ0n) is 8.91. The number of β-amino-alcohol motifs (C(OH)–C–C–N with tert-alkyl or cyclic N) is 1. The zero-order chi connectivity index (χ0) is 12.5. The highest BCUT2D eigenvalue weighted by atomic mass is 32.2. The van der Waals surface area contributed by atoms with Crippen molar-refractivity contribution in [2.24, 2.45) is 0 Å². The molecule has 94 valence electrons. The van der Waals surface area contributed by atoms with Gasteiger partial charge in [-0.1, -0.05) is 16.6 Å². The predicted octanol–water partition coefficient (Wildman–Crippen LogP) is 0.264. The van der Waals surface area contributed by atoms with Gasteiger partial charge in [0.25, 0.3) is 0 Å². The van der Waals surface area contributed by atoms with Crippen LogP contribution < -0.4 is 0 Å². The minimum Gasteiger partial charge on any atom is -0.389 e. The molecule has 0 unspecified atom stereocenters. The molecule has 1 aromatic carbocycles. The fraction of sp³-hybridized carbons (Fsp3) is 0.400. The molecule has 1 N–H and O–H groups in total. The number of sulfonamides is 1. The maximum Gasteiger partial charge on any atom is 0.240 e. The number of hydrogen-bond donors (Lipinski definition) is 1. The molecule has 0 aliphatic carbocycles. The van der Waals surface area contributed by atoms with E-state index in [9.17, 15) is 17.9 Å². The third-order valence-corrected chi connectivity index (χ3v) is 3.92. The van der Waals surface area contributed by atoms with E-state index in [1.165, 1.54) is 24.3 Å². The molecule has 2 rings (SSSR count). The van der Waals surface area contributed by atoms with Gasteiger partial charge in [0, 0.05) is 0 Å². The molecule has 0 amide bonds. The highest BCUT2D eigenvalue weighted by Gasteiger charge is 2.31. The standard InChI is InChI=1S/C10H12FNO4S/c11-9-3-1-8(2-4-9)7-17(14,15)12-5-10(13)6-16-12/h1-4,10,13H,5-7H2/t10-/m0/s1. The first-order chi connectivity index (χ1) is 7.97. The maximum atomic E-state index is 12.7. The van der Waals surface area contributed by atoms with Crippen molar-refractivity contribution in [3.8, 4) is 0 Å². The number of aliphatic hydroxyl groups excluding tert-OH is 1. The Morgan fingerprint density at radius 3 is 2.59 bits per heavy atom. The summed E-state index contributed by atoms with van der Waals surface area (Å²) < 4.78 is 37.1. The molecule has 5 nitrogen and oxygen atoms in total. The van der Waals surface area contributed by atoms with Crippen molar-refractivity contribution in [2.75, 3.05) is 13.2 Å². The number of rotatable bonds is 3. The van der Waals surface area contributed by atoms with Crippen molar-refractivity contribution < 1.29 is 22.8 Å². The van der Waals surface area contributed by atoms with Crippen molar-refractivity contribution in [1.82, 2.24) is 4.47 Å². The first-order valence-corrected chi connectivity index (χ1v) is 6.64. The highest BCUT2D eigenvalue weighted by Crippen LogP contribution is 2.16. The number of hydrogen-bond acceptors (Lipinski definition) is 4. The van der Waals surface area contributed by atoms with E-state index >= 15 is 0 Å². The second-order valence-electron chi connectivity index (χ2n) is 3.82. The van der Waals surface area contributed by atoms with Gasteiger partial charge < -0.3 is 5.11 Å². The highest BCUT2D eigenvalue weighted by molar-refractivity contribution is 7.88. The topological polar surface area (TPSA) is 66.8 Å². The molecule has 0 aromatic heterocycles. The molecule has 1 fully saturated rings. The lowest BCUT2D eigenvalue weighted by Gasteiger charge is -2.13. The van der Waals surface area contributed by atoms with Crippen LogP contribution in [0.3, 0.4) is 0 Å². The van der Waals surface area contributed by atoms with Crippen LogP contribution in [-0.4, -0.2) is 37.2 Å². The van der Waals surface area contributed by atoms with Crippen LogP contribution in [-0.2, 0) is 20.6 Å². The summed E-state index contributed by atoms with van der Waals surface area (Å²) in [4.78, 5) is 4.85. The van der Waals surface area contributed by atoms with E-state index in [1.807, 2.05) is 0 Å². The summed E-state index contributed by atoms with van der Waals surface area (Å²) in [5, 5.41) is 9.18. The molecule has 0 saturated carbocycles. The first-order valence-electron chi connectivity index (χ1n) is 5.03. The molecule has 1 atom stereocenters. The van der Waals surface area contributed by atoms with Crippen molar-refractivity contribution >= 4 is 10.0 Å². The smallest absolute Gasteiger partial charge is 0.240 e. The average Bonchev–Trinajstić information content (AvgIpc) is 2.69. The molecule has 1 saturated heterocycles. The van der Waals surface area contributed by atoms with E-state index in [-0.39, 0.29) is 18.9 Å². The van der Waals surface area contributed by atoms with Gasteiger partial charge in [0.15, 0.2) is 0 Å². The lowest BCUT2D eigenvalue weighted by atomic mass is 10.2. The lowest BCUT2D eigenvalue weighted by Crippen LogP contribution is -2.29. The summed E-state index contributed by atoms with van der Waals surface area (Å²) in [6.45, 7) is -0.0911. The quantitative estimate of drug-likeness (QED) is 0.847. The van der Waals surface area contributed by atoms with E-state index in [2.05, 4.69) is 0 Å². The molecule has 17 heavy (non-hydrogen) atoms. The monoisotopic (exact) mass is 261 g/mol. The number of halogens is 1. The fourth-order valence-electron chi connectivity index (χ4n) is 1.50. The Hall–Kier alpha value is -1.02. The van der Waals surface area contributed by atoms with Crippen LogP contribution in [0.4, 0.5) is 4.39 Å². The van der Waals surface area contributed by atoms with E-state index < -0.39 is 21.9 Å². The maximum absolute atomic E-state index is 12.7. The molecule has 1 aliphatic rings. The van der Waals surface area contributed by atoms with Gasteiger partial charge in [-0.3, -0.25) is 4.84 Å². The molecule has 1 aliphatic heterocycles. The number of hydroxylamine groups is 1. The van der Waals surface area contributed by atoms with Crippen molar-refractivity contribution in [3.63, 3.8) is 0 Å². The van der Waals surface area contributed by atoms with E-state index in [1.54, 1.807) is 0 Å². The van der Waals surface area contributed by atoms with E-state index in [4.69, 9.17) is 4.84 Å². The molecule has 1 aromatic rings. The molecule has 0 spiro atoms. The Labute approximate surface area is 98.4 Å². The molecular weight excluding hydrogens is 249 g/mol. The molecule has 0 radical (unpaired) electrons. The van der Waals surface area contributed by atoms with E-state index in [0.29, 0.717) is 5.56 Å². The van der Waals surface area contributed by atoms with Crippen molar-refractivity contribution in [2.45, 2.75) is 11.9 Å². The third-order valence-electron chi connectivity index (χ3n) is 2.34. The molecule has 0 bridgehead atoms. The Bertz CT molecular complexity index is 488. The second kappa shape index (κ2) is 4.69. The molecule has 1 heterocycles. The van der Waals surface area contributed by atoms with Crippen LogP contribution >= 0.6 is 0 Å². The van der Waals surface area contributed by atoms with Gasteiger partial charge in [0.1, 0.15) is 5.82 Å².